The Morgan fingerprint density at radius 2 is 2.56 bits per heavy atom. The SMILES string of the molecule is CC1Cc2cscc2O1. The molecule has 1 aromatic heterocycles. The molecule has 1 aromatic rings. The van der Waals surface area contributed by atoms with Crippen molar-refractivity contribution in [1.29, 1.82) is 0 Å². The molecule has 0 bridgehead atoms. The summed E-state index contributed by atoms with van der Waals surface area (Å²) in [7, 11) is 0. The lowest BCUT2D eigenvalue weighted by Gasteiger charge is -1.99. The maximum absolute atomic E-state index is 5.46. The zero-order valence-electron chi connectivity index (χ0n) is 5.26. The lowest BCUT2D eigenvalue weighted by Crippen LogP contribution is -2.05. The number of ether oxygens (including phenoxy) is 1. The minimum Gasteiger partial charge on any atom is -0.489 e. The van der Waals surface area contributed by atoms with Crippen LogP contribution in [-0.2, 0) is 6.42 Å². The molecule has 0 radical (unpaired) electrons. The van der Waals surface area contributed by atoms with Gasteiger partial charge in [0.15, 0.2) is 0 Å². The first-order valence-corrected chi connectivity index (χ1v) is 4.02. The molecule has 0 aliphatic carbocycles. The Hall–Kier alpha value is -0.500. The summed E-state index contributed by atoms with van der Waals surface area (Å²) in [6.45, 7) is 2.10. The third-order valence-electron chi connectivity index (χ3n) is 1.54. The molecule has 1 unspecified atom stereocenters. The first-order valence-electron chi connectivity index (χ1n) is 3.08. The van der Waals surface area contributed by atoms with Gasteiger partial charge in [-0.15, -0.1) is 11.3 Å². The van der Waals surface area contributed by atoms with E-state index in [0.29, 0.717) is 6.10 Å². The summed E-state index contributed by atoms with van der Waals surface area (Å²) in [5.41, 5.74) is 1.38. The molecule has 48 valence electrons. The molecule has 0 spiro atoms. The Bertz CT molecular complexity index is 196. The summed E-state index contributed by atoms with van der Waals surface area (Å²) < 4.78 is 5.46. The van der Waals surface area contributed by atoms with Gasteiger partial charge in [-0.25, -0.2) is 0 Å². The van der Waals surface area contributed by atoms with Gasteiger partial charge in [0.05, 0.1) is 0 Å². The molecular formula is C7H8OS. The number of rotatable bonds is 0. The monoisotopic (exact) mass is 140 g/mol. The van der Waals surface area contributed by atoms with Crippen molar-refractivity contribution in [2.24, 2.45) is 0 Å². The third kappa shape index (κ3) is 0.741. The van der Waals surface area contributed by atoms with Gasteiger partial charge in [0, 0.05) is 17.4 Å². The van der Waals surface area contributed by atoms with Gasteiger partial charge in [-0.2, -0.15) is 0 Å². The van der Waals surface area contributed by atoms with Crippen molar-refractivity contribution in [3.8, 4) is 5.75 Å². The van der Waals surface area contributed by atoms with E-state index in [-0.39, 0.29) is 0 Å². The van der Waals surface area contributed by atoms with Crippen LogP contribution in [0.3, 0.4) is 0 Å². The summed E-state index contributed by atoms with van der Waals surface area (Å²) in [6.07, 6.45) is 1.50. The summed E-state index contributed by atoms with van der Waals surface area (Å²) in [4.78, 5) is 0. The first kappa shape index (κ1) is 5.30. The van der Waals surface area contributed by atoms with Crippen molar-refractivity contribution < 1.29 is 4.74 Å². The van der Waals surface area contributed by atoms with Crippen LogP contribution < -0.4 is 4.74 Å². The first-order chi connectivity index (χ1) is 4.36. The summed E-state index contributed by atoms with van der Waals surface area (Å²) in [5.74, 6) is 1.10. The summed E-state index contributed by atoms with van der Waals surface area (Å²) in [6, 6.07) is 0. The van der Waals surface area contributed by atoms with Crippen LogP contribution in [-0.4, -0.2) is 6.10 Å². The van der Waals surface area contributed by atoms with Gasteiger partial charge in [0.1, 0.15) is 11.9 Å². The maximum Gasteiger partial charge on any atom is 0.133 e. The van der Waals surface area contributed by atoms with E-state index in [1.54, 1.807) is 11.3 Å². The van der Waals surface area contributed by atoms with E-state index < -0.39 is 0 Å². The van der Waals surface area contributed by atoms with E-state index >= 15 is 0 Å². The van der Waals surface area contributed by atoms with Crippen LogP contribution in [0.15, 0.2) is 10.8 Å². The van der Waals surface area contributed by atoms with Crippen LogP contribution in [0.25, 0.3) is 0 Å². The molecule has 0 N–H and O–H groups in total. The highest BCUT2D eigenvalue weighted by atomic mass is 32.1. The fourth-order valence-corrected chi connectivity index (χ4v) is 1.91. The van der Waals surface area contributed by atoms with E-state index in [1.165, 1.54) is 5.56 Å². The zero-order valence-corrected chi connectivity index (χ0v) is 6.07. The van der Waals surface area contributed by atoms with Gasteiger partial charge in [-0.05, 0) is 12.3 Å². The molecule has 0 saturated carbocycles. The smallest absolute Gasteiger partial charge is 0.133 e. The predicted molar refractivity (Wildman–Crippen MR) is 38.1 cm³/mol. The molecule has 1 aliphatic rings. The summed E-state index contributed by atoms with van der Waals surface area (Å²) in [5, 5.41) is 4.23. The third-order valence-corrected chi connectivity index (χ3v) is 2.31. The van der Waals surface area contributed by atoms with E-state index in [0.717, 1.165) is 12.2 Å². The topological polar surface area (TPSA) is 9.23 Å². The lowest BCUT2D eigenvalue weighted by atomic mass is 10.2. The Balaban J connectivity index is 2.39. The minimum atomic E-state index is 0.406. The molecule has 2 rings (SSSR count). The predicted octanol–water partition coefficient (Wildman–Crippen LogP) is 2.07. The lowest BCUT2D eigenvalue weighted by molar-refractivity contribution is 0.255. The normalized spacial score (nSPS) is 23.4. The van der Waals surface area contributed by atoms with Crippen molar-refractivity contribution in [3.05, 3.63) is 16.3 Å². The average Bonchev–Trinajstić information content (AvgIpc) is 2.22. The van der Waals surface area contributed by atoms with Crippen LogP contribution in [0.5, 0.6) is 5.75 Å². The standard InChI is InChI=1S/C7H8OS/c1-5-2-6-3-9-4-7(6)8-5/h3-5H,2H2,1H3. The van der Waals surface area contributed by atoms with E-state index in [4.69, 9.17) is 4.74 Å². The molecule has 0 amide bonds. The van der Waals surface area contributed by atoms with Crippen LogP contribution in [0.2, 0.25) is 0 Å². The fraction of sp³-hybridized carbons (Fsp3) is 0.429. The summed E-state index contributed by atoms with van der Waals surface area (Å²) >= 11 is 1.72. The van der Waals surface area contributed by atoms with Crippen LogP contribution in [0.4, 0.5) is 0 Å². The molecule has 9 heavy (non-hydrogen) atoms. The van der Waals surface area contributed by atoms with Crippen LogP contribution in [0, 0.1) is 0 Å². The number of thiophene rings is 1. The molecule has 2 heteroatoms. The van der Waals surface area contributed by atoms with Crippen molar-refractivity contribution in [2.75, 3.05) is 0 Å². The minimum absolute atomic E-state index is 0.406. The molecule has 1 nitrogen and oxygen atoms in total. The van der Waals surface area contributed by atoms with Crippen LogP contribution >= 0.6 is 11.3 Å². The highest BCUT2D eigenvalue weighted by molar-refractivity contribution is 7.08. The molecule has 2 heterocycles. The van der Waals surface area contributed by atoms with Crippen molar-refractivity contribution in [3.63, 3.8) is 0 Å². The molecular weight excluding hydrogens is 132 g/mol. The van der Waals surface area contributed by atoms with Gasteiger partial charge < -0.3 is 4.74 Å². The van der Waals surface area contributed by atoms with Gasteiger partial charge in [-0.3, -0.25) is 0 Å². The second-order valence-electron chi connectivity index (χ2n) is 2.39. The Labute approximate surface area is 58.3 Å². The highest BCUT2D eigenvalue weighted by Crippen LogP contribution is 2.31. The van der Waals surface area contributed by atoms with E-state index in [2.05, 4.69) is 17.7 Å². The molecule has 0 saturated heterocycles. The van der Waals surface area contributed by atoms with Crippen molar-refractivity contribution in [2.45, 2.75) is 19.4 Å². The van der Waals surface area contributed by atoms with Gasteiger partial charge >= 0.3 is 0 Å². The molecule has 0 aromatic carbocycles. The highest BCUT2D eigenvalue weighted by Gasteiger charge is 2.18. The average molecular weight is 140 g/mol. The van der Waals surface area contributed by atoms with Crippen LogP contribution in [0.1, 0.15) is 12.5 Å². The number of hydrogen-bond acceptors (Lipinski definition) is 2. The van der Waals surface area contributed by atoms with Gasteiger partial charge in [-0.1, -0.05) is 0 Å². The molecule has 1 atom stereocenters. The molecule has 1 aliphatic heterocycles. The van der Waals surface area contributed by atoms with E-state index in [9.17, 15) is 0 Å². The second kappa shape index (κ2) is 1.74. The zero-order chi connectivity index (χ0) is 6.27. The van der Waals surface area contributed by atoms with E-state index in [1.807, 2.05) is 0 Å². The Morgan fingerprint density at radius 3 is 3.33 bits per heavy atom. The van der Waals surface area contributed by atoms with Crippen molar-refractivity contribution >= 4 is 11.3 Å². The second-order valence-corrected chi connectivity index (χ2v) is 3.14. The quantitative estimate of drug-likeness (QED) is 0.536. The van der Waals surface area contributed by atoms with Gasteiger partial charge in [0.2, 0.25) is 0 Å². The fourth-order valence-electron chi connectivity index (χ4n) is 1.13. The number of hydrogen-bond donors (Lipinski definition) is 0. The van der Waals surface area contributed by atoms with Gasteiger partial charge in [0.25, 0.3) is 0 Å². The molecule has 0 fully saturated rings. The maximum atomic E-state index is 5.46. The largest absolute Gasteiger partial charge is 0.489 e. The number of fused-ring (bicyclic) bond motifs is 1. The Kier molecular flexibility index (Phi) is 1.02. The van der Waals surface area contributed by atoms with Crippen molar-refractivity contribution in [1.82, 2.24) is 0 Å². The Morgan fingerprint density at radius 1 is 1.67 bits per heavy atom.